The molecular formula is C27H36N3O4P. The van der Waals surface area contributed by atoms with Gasteiger partial charge in [0.05, 0.1) is 23.2 Å². The maximum atomic E-state index is 13.5. The fourth-order valence-electron chi connectivity index (χ4n) is 6.60. The molecule has 2 bridgehead atoms. The summed E-state index contributed by atoms with van der Waals surface area (Å²) in [6.45, 7) is 7.14. The first kappa shape index (κ1) is 24.5. The maximum absolute atomic E-state index is 13.5. The van der Waals surface area contributed by atoms with E-state index in [1.54, 1.807) is 4.57 Å². The van der Waals surface area contributed by atoms with E-state index in [1.165, 1.54) is 37.1 Å². The van der Waals surface area contributed by atoms with Gasteiger partial charge in [-0.1, -0.05) is 32.9 Å². The third-order valence-corrected chi connectivity index (χ3v) is 8.64. The topological polar surface area (TPSA) is 95.7 Å². The van der Waals surface area contributed by atoms with Crippen molar-refractivity contribution in [3.05, 3.63) is 63.9 Å². The SMILES string of the molecule is CC1C[C@@H](C)CC(N2C3=CC(n4c(=O)c(CCP(=O)(O)O)nc5ccccc54)C=C2C3)C[C@@H](C)C1. The maximum Gasteiger partial charge on any atom is 0.325 e. The summed E-state index contributed by atoms with van der Waals surface area (Å²) in [6, 6.07) is 7.79. The van der Waals surface area contributed by atoms with E-state index in [0.717, 1.165) is 17.9 Å². The summed E-state index contributed by atoms with van der Waals surface area (Å²) in [5, 5.41) is 0. The quantitative estimate of drug-likeness (QED) is 0.565. The Balaban J connectivity index is 1.47. The average molecular weight is 498 g/mol. The molecule has 35 heavy (non-hydrogen) atoms. The van der Waals surface area contributed by atoms with Crippen molar-refractivity contribution in [2.45, 2.75) is 71.4 Å². The average Bonchev–Trinajstić information content (AvgIpc) is 2.75. The zero-order chi connectivity index (χ0) is 24.9. The van der Waals surface area contributed by atoms with Gasteiger partial charge in [-0.15, -0.1) is 0 Å². The van der Waals surface area contributed by atoms with E-state index in [4.69, 9.17) is 0 Å². The molecule has 2 unspecified atom stereocenters. The number of fused-ring (bicyclic) bond motifs is 3. The smallest absolute Gasteiger partial charge is 0.325 e. The number of aryl methyl sites for hydroxylation is 1. The van der Waals surface area contributed by atoms with Crippen LogP contribution in [0, 0.1) is 17.8 Å². The molecule has 2 fully saturated rings. The number of hydrogen-bond acceptors (Lipinski definition) is 4. The molecule has 4 atom stereocenters. The van der Waals surface area contributed by atoms with Gasteiger partial charge in [0.25, 0.3) is 5.56 Å². The predicted molar refractivity (Wildman–Crippen MR) is 138 cm³/mol. The van der Waals surface area contributed by atoms with Crippen molar-refractivity contribution in [2.75, 3.05) is 6.16 Å². The third-order valence-electron chi connectivity index (χ3n) is 7.83. The van der Waals surface area contributed by atoms with E-state index < -0.39 is 7.60 Å². The summed E-state index contributed by atoms with van der Waals surface area (Å²) < 4.78 is 13.2. The van der Waals surface area contributed by atoms with Crippen LogP contribution in [0.1, 0.15) is 64.6 Å². The van der Waals surface area contributed by atoms with Gasteiger partial charge in [-0.2, -0.15) is 0 Å². The van der Waals surface area contributed by atoms with E-state index in [9.17, 15) is 19.1 Å². The second-order valence-corrected chi connectivity index (χ2v) is 12.9. The Bertz CT molecular complexity index is 1260. The first-order valence-corrected chi connectivity index (χ1v) is 14.6. The summed E-state index contributed by atoms with van der Waals surface area (Å²) in [7, 11) is -4.23. The minimum Gasteiger partial charge on any atom is -0.345 e. The highest BCUT2D eigenvalue weighted by molar-refractivity contribution is 7.51. The molecule has 2 aliphatic carbocycles. The molecule has 188 valence electrons. The normalized spacial score (nSPS) is 27.6. The van der Waals surface area contributed by atoms with Crippen LogP contribution in [0.15, 0.2) is 52.6 Å². The van der Waals surface area contributed by atoms with Crippen molar-refractivity contribution in [3.8, 4) is 0 Å². The lowest BCUT2D eigenvalue weighted by Gasteiger charge is -2.50. The van der Waals surface area contributed by atoms with Crippen LogP contribution in [0.5, 0.6) is 0 Å². The van der Waals surface area contributed by atoms with Crippen LogP contribution < -0.4 is 5.56 Å². The van der Waals surface area contributed by atoms with Crippen LogP contribution in [0.2, 0.25) is 0 Å². The van der Waals surface area contributed by atoms with E-state index in [-0.39, 0.29) is 29.9 Å². The number of nitrogens with zero attached hydrogens (tertiary/aromatic N) is 3. The molecule has 4 aliphatic rings. The number of para-hydroxylation sites is 2. The Labute approximate surface area is 206 Å². The number of allylic oxidation sites excluding steroid dienone is 2. The monoisotopic (exact) mass is 497 g/mol. The Morgan fingerprint density at radius 1 is 0.971 bits per heavy atom. The Kier molecular flexibility index (Phi) is 6.54. The molecule has 0 radical (unpaired) electrons. The van der Waals surface area contributed by atoms with Gasteiger partial charge < -0.3 is 14.7 Å². The number of rotatable bonds is 5. The summed E-state index contributed by atoms with van der Waals surface area (Å²) >= 11 is 0. The molecule has 3 heterocycles. The van der Waals surface area contributed by atoms with Crippen LogP contribution in [-0.2, 0) is 11.0 Å². The fraction of sp³-hybridized carbons (Fsp3) is 0.556. The highest BCUT2D eigenvalue weighted by atomic mass is 31.2. The molecule has 0 amide bonds. The summed E-state index contributed by atoms with van der Waals surface area (Å²) in [5.74, 6) is 2.18. The standard InChI is InChI=1S/C27H36N3O4P/c1-17-10-18(2)12-20(13-19(3)11-17)29-21-14-22(29)16-23(15-21)30-26-7-5-4-6-24(26)28-25(27(30)31)8-9-35(32,33)34/h4-7,15-20,23H,8-14H2,1-3H3,(H2,32,33,34)/t17?,18-,19+,20?. The molecule has 8 heteroatoms. The first-order valence-electron chi connectivity index (χ1n) is 12.8. The Morgan fingerprint density at radius 3 is 2.20 bits per heavy atom. The van der Waals surface area contributed by atoms with Gasteiger partial charge in [0, 0.05) is 30.3 Å². The van der Waals surface area contributed by atoms with Crippen LogP contribution in [0.25, 0.3) is 11.0 Å². The highest BCUT2D eigenvalue weighted by Crippen LogP contribution is 2.46. The first-order chi connectivity index (χ1) is 16.6. The van der Waals surface area contributed by atoms with Crippen LogP contribution >= 0.6 is 7.60 Å². The molecule has 1 aromatic carbocycles. The predicted octanol–water partition coefficient (Wildman–Crippen LogP) is 5.00. The van der Waals surface area contributed by atoms with E-state index in [1.807, 2.05) is 24.3 Å². The Hall–Kier alpha value is -2.21. The molecule has 7 nitrogen and oxygen atoms in total. The second-order valence-electron chi connectivity index (χ2n) is 11.1. The van der Waals surface area contributed by atoms with Crippen LogP contribution in [-0.4, -0.2) is 36.4 Å². The summed E-state index contributed by atoms with van der Waals surface area (Å²) in [5.41, 5.74) is 3.91. The van der Waals surface area contributed by atoms with Gasteiger partial charge in [0.1, 0.15) is 5.69 Å². The van der Waals surface area contributed by atoms with E-state index >= 15 is 0 Å². The lowest BCUT2D eigenvalue weighted by atomic mass is 9.77. The number of benzene rings is 1. The highest BCUT2D eigenvalue weighted by Gasteiger charge is 2.39. The van der Waals surface area contributed by atoms with Crippen molar-refractivity contribution in [3.63, 3.8) is 0 Å². The van der Waals surface area contributed by atoms with Gasteiger partial charge in [-0.3, -0.25) is 13.9 Å². The van der Waals surface area contributed by atoms with Gasteiger partial charge in [0.2, 0.25) is 0 Å². The second kappa shape index (κ2) is 9.34. The lowest BCUT2D eigenvalue weighted by molar-refractivity contribution is 0.143. The lowest BCUT2D eigenvalue weighted by Crippen LogP contribution is -2.46. The van der Waals surface area contributed by atoms with Crippen molar-refractivity contribution >= 4 is 18.6 Å². The molecular weight excluding hydrogens is 461 g/mol. The zero-order valence-corrected chi connectivity index (χ0v) is 21.7. The van der Waals surface area contributed by atoms with Gasteiger partial charge >= 0.3 is 7.60 Å². The molecule has 2 aromatic rings. The van der Waals surface area contributed by atoms with Crippen molar-refractivity contribution in [2.24, 2.45) is 17.8 Å². The van der Waals surface area contributed by atoms with E-state index in [2.05, 4.69) is 42.8 Å². The third kappa shape index (κ3) is 5.04. The molecule has 1 saturated heterocycles. The van der Waals surface area contributed by atoms with Crippen LogP contribution in [0.4, 0.5) is 0 Å². The van der Waals surface area contributed by atoms with E-state index in [0.29, 0.717) is 23.4 Å². The molecule has 0 spiro atoms. The summed E-state index contributed by atoms with van der Waals surface area (Å²) in [6.07, 6.45) is 9.86. The fourth-order valence-corrected chi connectivity index (χ4v) is 7.10. The molecule has 1 aromatic heterocycles. The van der Waals surface area contributed by atoms with Gasteiger partial charge in [-0.05, 0) is 67.7 Å². The minimum absolute atomic E-state index is 0.0454. The van der Waals surface area contributed by atoms with Crippen molar-refractivity contribution in [1.29, 1.82) is 0 Å². The van der Waals surface area contributed by atoms with Gasteiger partial charge in [0.15, 0.2) is 0 Å². The molecule has 2 aliphatic heterocycles. The number of aromatic nitrogens is 2. The molecule has 1 saturated carbocycles. The van der Waals surface area contributed by atoms with Crippen molar-refractivity contribution in [1.82, 2.24) is 14.5 Å². The van der Waals surface area contributed by atoms with Crippen LogP contribution in [0.3, 0.4) is 0 Å². The Morgan fingerprint density at radius 2 is 1.57 bits per heavy atom. The largest absolute Gasteiger partial charge is 0.345 e. The summed E-state index contributed by atoms with van der Waals surface area (Å²) in [4.78, 5) is 39.1. The zero-order valence-electron chi connectivity index (χ0n) is 20.8. The van der Waals surface area contributed by atoms with Gasteiger partial charge in [-0.25, -0.2) is 4.98 Å². The van der Waals surface area contributed by atoms with Crippen molar-refractivity contribution < 1.29 is 14.4 Å². The molecule has 6 rings (SSSR count). The minimum atomic E-state index is -4.23. The number of hydrogen-bond donors (Lipinski definition) is 2. The molecule has 2 N–H and O–H groups in total.